The van der Waals surface area contributed by atoms with Gasteiger partial charge in [-0.2, -0.15) is 0 Å². The van der Waals surface area contributed by atoms with Crippen LogP contribution in [0.4, 0.5) is 4.39 Å². The van der Waals surface area contributed by atoms with E-state index < -0.39 is 0 Å². The van der Waals surface area contributed by atoms with E-state index in [1.807, 2.05) is 12.1 Å². The zero-order chi connectivity index (χ0) is 14.8. The van der Waals surface area contributed by atoms with E-state index in [0.717, 1.165) is 12.5 Å². The molecule has 2 unspecified atom stereocenters. The van der Waals surface area contributed by atoms with Gasteiger partial charge in [-0.15, -0.1) is 0 Å². The molecule has 1 saturated carbocycles. The van der Waals surface area contributed by atoms with Crippen LogP contribution in [0.3, 0.4) is 0 Å². The van der Waals surface area contributed by atoms with E-state index in [0.29, 0.717) is 18.2 Å². The Hall–Kier alpha value is -0.640. The van der Waals surface area contributed by atoms with Crippen LogP contribution in [0.2, 0.25) is 5.02 Å². The fourth-order valence-electron chi connectivity index (χ4n) is 4.27. The molecule has 1 aliphatic heterocycles. The third-order valence-electron chi connectivity index (χ3n) is 5.25. The summed E-state index contributed by atoms with van der Waals surface area (Å²) in [6.07, 6.45) is 7.73. The minimum absolute atomic E-state index is 0.0446. The van der Waals surface area contributed by atoms with Crippen molar-refractivity contribution in [3.8, 4) is 0 Å². The van der Waals surface area contributed by atoms with Gasteiger partial charge in [-0.05, 0) is 44.2 Å². The van der Waals surface area contributed by atoms with Gasteiger partial charge in [0.1, 0.15) is 5.82 Å². The van der Waals surface area contributed by atoms with Gasteiger partial charge in [0, 0.05) is 18.2 Å². The number of nitrogens with two attached hydrogens (primary N) is 1. The summed E-state index contributed by atoms with van der Waals surface area (Å²) in [6.45, 7) is 1.47. The Labute approximate surface area is 131 Å². The third kappa shape index (κ3) is 2.96. The average Bonchev–Trinajstić information content (AvgIpc) is 3.14. The first-order valence-electron chi connectivity index (χ1n) is 8.12. The van der Waals surface area contributed by atoms with Crippen LogP contribution in [0.5, 0.6) is 0 Å². The van der Waals surface area contributed by atoms with Crippen molar-refractivity contribution in [3.63, 3.8) is 0 Å². The van der Waals surface area contributed by atoms with Crippen LogP contribution in [0.1, 0.15) is 50.1 Å². The molecule has 0 bridgehead atoms. The van der Waals surface area contributed by atoms with Gasteiger partial charge in [0.25, 0.3) is 0 Å². The number of likely N-dealkylation sites (tertiary alicyclic amines) is 1. The molecule has 4 heteroatoms. The van der Waals surface area contributed by atoms with E-state index in [1.165, 1.54) is 38.5 Å². The van der Waals surface area contributed by atoms with Crippen molar-refractivity contribution in [2.75, 3.05) is 13.1 Å². The van der Waals surface area contributed by atoms with E-state index in [2.05, 4.69) is 4.90 Å². The number of rotatable bonds is 4. The molecule has 2 atom stereocenters. The zero-order valence-corrected chi connectivity index (χ0v) is 13.2. The Morgan fingerprint density at radius 1 is 1.24 bits per heavy atom. The van der Waals surface area contributed by atoms with Crippen LogP contribution in [0.15, 0.2) is 18.2 Å². The summed E-state index contributed by atoms with van der Waals surface area (Å²) in [7, 11) is 0. The highest BCUT2D eigenvalue weighted by Crippen LogP contribution is 2.40. The lowest BCUT2D eigenvalue weighted by Gasteiger charge is -2.36. The minimum Gasteiger partial charge on any atom is -0.329 e. The summed E-state index contributed by atoms with van der Waals surface area (Å²) >= 11 is 5.95. The number of halogens is 2. The molecule has 1 heterocycles. The van der Waals surface area contributed by atoms with E-state index in [4.69, 9.17) is 17.3 Å². The van der Waals surface area contributed by atoms with Gasteiger partial charge in [-0.1, -0.05) is 36.6 Å². The summed E-state index contributed by atoms with van der Waals surface area (Å²) in [6, 6.07) is 5.79. The topological polar surface area (TPSA) is 29.3 Å². The van der Waals surface area contributed by atoms with Gasteiger partial charge < -0.3 is 5.73 Å². The number of hydrogen-bond acceptors (Lipinski definition) is 2. The molecule has 1 aliphatic carbocycles. The van der Waals surface area contributed by atoms with Crippen molar-refractivity contribution in [1.29, 1.82) is 0 Å². The molecule has 116 valence electrons. The first-order valence-corrected chi connectivity index (χ1v) is 8.50. The molecule has 2 N–H and O–H groups in total. The van der Waals surface area contributed by atoms with Gasteiger partial charge in [-0.3, -0.25) is 4.90 Å². The van der Waals surface area contributed by atoms with E-state index in [-0.39, 0.29) is 16.9 Å². The molecular weight excluding hydrogens is 287 g/mol. The van der Waals surface area contributed by atoms with Crippen LogP contribution in [0, 0.1) is 11.7 Å². The van der Waals surface area contributed by atoms with E-state index in [9.17, 15) is 4.39 Å². The van der Waals surface area contributed by atoms with Crippen LogP contribution in [-0.4, -0.2) is 24.0 Å². The number of hydrogen-bond donors (Lipinski definition) is 1. The van der Waals surface area contributed by atoms with Gasteiger partial charge in [0.05, 0.1) is 11.1 Å². The third-order valence-corrected chi connectivity index (χ3v) is 5.54. The van der Waals surface area contributed by atoms with Gasteiger partial charge in [0.15, 0.2) is 0 Å². The molecule has 1 saturated heterocycles. The zero-order valence-electron chi connectivity index (χ0n) is 12.4. The molecule has 2 fully saturated rings. The largest absolute Gasteiger partial charge is 0.329 e. The lowest BCUT2D eigenvalue weighted by molar-refractivity contribution is 0.136. The molecule has 0 aromatic heterocycles. The van der Waals surface area contributed by atoms with Crippen molar-refractivity contribution < 1.29 is 4.39 Å². The van der Waals surface area contributed by atoms with Crippen molar-refractivity contribution >= 4 is 11.6 Å². The first-order chi connectivity index (χ1) is 10.2. The van der Waals surface area contributed by atoms with Crippen LogP contribution in [0.25, 0.3) is 0 Å². The molecule has 21 heavy (non-hydrogen) atoms. The highest BCUT2D eigenvalue weighted by Gasteiger charge is 2.37. The molecular formula is C17H24ClFN2. The lowest BCUT2D eigenvalue weighted by atomic mass is 9.94. The Kier molecular flexibility index (Phi) is 4.82. The van der Waals surface area contributed by atoms with E-state index >= 15 is 0 Å². The highest BCUT2D eigenvalue weighted by molar-refractivity contribution is 6.30. The predicted octanol–water partition coefficient (Wildman–Crippen LogP) is 4.13. The van der Waals surface area contributed by atoms with Crippen molar-refractivity contribution in [1.82, 2.24) is 4.90 Å². The second-order valence-corrected chi connectivity index (χ2v) is 6.79. The summed E-state index contributed by atoms with van der Waals surface area (Å²) in [4.78, 5) is 2.45. The summed E-state index contributed by atoms with van der Waals surface area (Å²) < 4.78 is 14.4. The second kappa shape index (κ2) is 6.64. The molecule has 0 spiro atoms. The van der Waals surface area contributed by atoms with Gasteiger partial charge in [-0.25, -0.2) is 4.39 Å². The monoisotopic (exact) mass is 310 g/mol. The summed E-state index contributed by atoms with van der Waals surface area (Å²) in [5.41, 5.74) is 6.68. The van der Waals surface area contributed by atoms with Crippen LogP contribution < -0.4 is 5.73 Å². The SMILES string of the molecule is NCC(c1cccc(Cl)c1F)N1CCCC1C1CCCC1. The van der Waals surface area contributed by atoms with Crippen molar-refractivity contribution in [2.24, 2.45) is 11.7 Å². The second-order valence-electron chi connectivity index (χ2n) is 6.39. The van der Waals surface area contributed by atoms with Crippen LogP contribution >= 0.6 is 11.6 Å². The fourth-order valence-corrected chi connectivity index (χ4v) is 4.45. The highest BCUT2D eigenvalue weighted by atomic mass is 35.5. The van der Waals surface area contributed by atoms with E-state index in [1.54, 1.807) is 6.07 Å². The van der Waals surface area contributed by atoms with Gasteiger partial charge in [0.2, 0.25) is 0 Å². The normalized spacial score (nSPS) is 25.6. The minimum atomic E-state index is -0.299. The molecule has 2 nitrogen and oxygen atoms in total. The summed E-state index contributed by atoms with van der Waals surface area (Å²) in [5.74, 6) is 0.468. The quantitative estimate of drug-likeness (QED) is 0.906. The molecule has 2 aliphatic rings. The average molecular weight is 311 g/mol. The predicted molar refractivity (Wildman–Crippen MR) is 84.9 cm³/mol. The van der Waals surface area contributed by atoms with Crippen molar-refractivity contribution in [3.05, 3.63) is 34.6 Å². The Balaban J connectivity index is 1.86. The lowest BCUT2D eigenvalue weighted by Crippen LogP contribution is -2.41. The molecule has 0 amide bonds. The first kappa shape index (κ1) is 15.3. The maximum atomic E-state index is 14.4. The standard InChI is InChI=1S/C17H24ClFN2/c18-14-8-3-7-13(17(14)19)16(11-20)21-10-4-9-15(21)12-5-1-2-6-12/h3,7-8,12,15-16H,1-2,4-6,9-11,20H2. The fraction of sp³-hybridized carbons (Fsp3) is 0.647. The molecule has 1 aromatic carbocycles. The maximum absolute atomic E-state index is 14.4. The number of benzene rings is 1. The van der Waals surface area contributed by atoms with Crippen molar-refractivity contribution in [2.45, 2.75) is 50.6 Å². The maximum Gasteiger partial charge on any atom is 0.146 e. The number of nitrogens with zero attached hydrogens (tertiary/aromatic N) is 1. The summed E-state index contributed by atoms with van der Waals surface area (Å²) in [5, 5.41) is 0.197. The molecule has 0 radical (unpaired) electrons. The Morgan fingerprint density at radius 2 is 2.00 bits per heavy atom. The molecule has 3 rings (SSSR count). The van der Waals surface area contributed by atoms with Crippen LogP contribution in [-0.2, 0) is 0 Å². The Bertz CT molecular complexity index is 488. The molecule has 1 aromatic rings. The smallest absolute Gasteiger partial charge is 0.146 e. The van der Waals surface area contributed by atoms with Gasteiger partial charge >= 0.3 is 0 Å². The Morgan fingerprint density at radius 3 is 2.71 bits per heavy atom.